The standard InChI is InChI=1S/C26H21ClIN3O3/c1-14-4-5-15(2)21(12-14)31-25(33)22(27)23(26(31)34)29-19-9-6-17(7-10-19)24(32)30-20-11-8-18(28)13-16(20)3/h4-13,29H,1-3H3,(H,30,32). The molecular weight excluding hydrogens is 565 g/mol. The number of benzene rings is 3. The number of rotatable bonds is 5. The van der Waals surface area contributed by atoms with Gasteiger partial charge in [-0.2, -0.15) is 0 Å². The van der Waals surface area contributed by atoms with E-state index in [4.69, 9.17) is 11.6 Å². The van der Waals surface area contributed by atoms with Crippen molar-refractivity contribution >= 4 is 69.0 Å². The van der Waals surface area contributed by atoms with Gasteiger partial charge in [0.05, 0.1) is 5.69 Å². The Morgan fingerprint density at radius 3 is 2.26 bits per heavy atom. The van der Waals surface area contributed by atoms with E-state index in [0.29, 0.717) is 16.9 Å². The number of hydrogen-bond acceptors (Lipinski definition) is 4. The molecule has 34 heavy (non-hydrogen) atoms. The summed E-state index contributed by atoms with van der Waals surface area (Å²) in [6, 6.07) is 17.9. The van der Waals surface area contributed by atoms with Crippen LogP contribution in [0.15, 0.2) is 71.4 Å². The second-order valence-corrected chi connectivity index (χ2v) is 9.66. The first kappa shape index (κ1) is 24.0. The van der Waals surface area contributed by atoms with Gasteiger partial charge >= 0.3 is 0 Å². The van der Waals surface area contributed by atoms with Crippen LogP contribution in [0, 0.1) is 24.3 Å². The van der Waals surface area contributed by atoms with Crippen molar-refractivity contribution in [3.8, 4) is 0 Å². The highest BCUT2D eigenvalue weighted by Gasteiger charge is 2.39. The number of nitrogens with one attached hydrogen (secondary N) is 2. The lowest BCUT2D eigenvalue weighted by atomic mass is 10.1. The molecular formula is C26H21ClIN3O3. The maximum atomic E-state index is 13.1. The molecule has 0 aromatic heterocycles. The van der Waals surface area contributed by atoms with E-state index in [2.05, 4.69) is 33.2 Å². The molecule has 1 aliphatic rings. The molecule has 0 atom stereocenters. The van der Waals surface area contributed by atoms with Crippen LogP contribution >= 0.6 is 34.2 Å². The summed E-state index contributed by atoms with van der Waals surface area (Å²) < 4.78 is 1.09. The summed E-state index contributed by atoms with van der Waals surface area (Å²) in [6.45, 7) is 5.65. The molecule has 2 N–H and O–H groups in total. The minimum absolute atomic E-state index is 0.000660. The number of aryl methyl sites for hydroxylation is 3. The van der Waals surface area contributed by atoms with Crippen molar-refractivity contribution in [3.63, 3.8) is 0 Å². The molecule has 8 heteroatoms. The van der Waals surface area contributed by atoms with Gasteiger partial charge in [0.1, 0.15) is 10.7 Å². The molecule has 3 aromatic rings. The number of halogens is 2. The first-order valence-electron chi connectivity index (χ1n) is 10.5. The van der Waals surface area contributed by atoms with Gasteiger partial charge < -0.3 is 10.6 Å². The van der Waals surface area contributed by atoms with Crippen LogP contribution in [-0.2, 0) is 9.59 Å². The fraction of sp³-hybridized carbons (Fsp3) is 0.115. The van der Waals surface area contributed by atoms with Gasteiger partial charge in [0.25, 0.3) is 17.7 Å². The minimum atomic E-state index is -0.577. The molecule has 0 bridgehead atoms. The third-order valence-electron chi connectivity index (χ3n) is 5.49. The molecule has 172 valence electrons. The molecule has 0 fully saturated rings. The van der Waals surface area contributed by atoms with E-state index >= 15 is 0 Å². The zero-order valence-electron chi connectivity index (χ0n) is 18.7. The van der Waals surface area contributed by atoms with Crippen LogP contribution < -0.4 is 15.5 Å². The molecule has 0 saturated heterocycles. The normalized spacial score (nSPS) is 13.5. The Labute approximate surface area is 216 Å². The van der Waals surface area contributed by atoms with E-state index in [1.807, 2.05) is 51.1 Å². The summed E-state index contributed by atoms with van der Waals surface area (Å²) in [7, 11) is 0. The van der Waals surface area contributed by atoms with Crippen LogP contribution in [0.25, 0.3) is 0 Å². The lowest BCUT2D eigenvalue weighted by Gasteiger charge is -2.18. The molecule has 0 spiro atoms. The fourth-order valence-corrected chi connectivity index (χ4v) is 4.46. The van der Waals surface area contributed by atoms with E-state index in [-0.39, 0.29) is 16.6 Å². The molecule has 4 rings (SSSR count). The second kappa shape index (κ2) is 9.60. The smallest absolute Gasteiger partial charge is 0.283 e. The average Bonchev–Trinajstić information content (AvgIpc) is 3.01. The molecule has 0 radical (unpaired) electrons. The number of carbonyl (C=O) groups excluding carboxylic acids is 3. The minimum Gasteiger partial charge on any atom is -0.350 e. The van der Waals surface area contributed by atoms with Crippen molar-refractivity contribution in [2.45, 2.75) is 20.8 Å². The van der Waals surface area contributed by atoms with Gasteiger partial charge in [-0.3, -0.25) is 14.4 Å². The maximum Gasteiger partial charge on any atom is 0.283 e. The van der Waals surface area contributed by atoms with Crippen LogP contribution in [0.1, 0.15) is 27.0 Å². The largest absolute Gasteiger partial charge is 0.350 e. The van der Waals surface area contributed by atoms with Gasteiger partial charge in [0.2, 0.25) is 0 Å². The number of carbonyl (C=O) groups is 3. The topological polar surface area (TPSA) is 78.5 Å². The molecule has 3 amide bonds. The molecule has 6 nitrogen and oxygen atoms in total. The fourth-order valence-electron chi connectivity index (χ4n) is 3.60. The Morgan fingerprint density at radius 1 is 0.882 bits per heavy atom. The van der Waals surface area contributed by atoms with Crippen LogP contribution in [-0.4, -0.2) is 17.7 Å². The maximum absolute atomic E-state index is 13.1. The number of anilines is 3. The first-order valence-corrected chi connectivity index (χ1v) is 11.9. The molecule has 0 unspecified atom stereocenters. The molecule has 3 aromatic carbocycles. The number of nitrogens with zero attached hydrogens (tertiary/aromatic N) is 1. The van der Waals surface area contributed by atoms with E-state index in [1.165, 1.54) is 0 Å². The van der Waals surface area contributed by atoms with Crippen molar-refractivity contribution in [1.82, 2.24) is 0 Å². The Hall–Kier alpha value is -3.17. The van der Waals surface area contributed by atoms with E-state index in [9.17, 15) is 14.4 Å². The predicted octanol–water partition coefficient (Wildman–Crippen LogP) is 5.90. The lowest BCUT2D eigenvalue weighted by Crippen LogP contribution is -2.32. The number of hydrogen-bond donors (Lipinski definition) is 2. The van der Waals surface area contributed by atoms with E-state index in [1.54, 1.807) is 30.3 Å². The summed E-state index contributed by atoms with van der Waals surface area (Å²) in [4.78, 5) is 39.6. The molecule has 1 aliphatic heterocycles. The summed E-state index contributed by atoms with van der Waals surface area (Å²) in [5, 5.41) is 5.66. The van der Waals surface area contributed by atoms with Gasteiger partial charge in [0, 0.05) is 20.5 Å². The van der Waals surface area contributed by atoms with Gasteiger partial charge in [-0.15, -0.1) is 0 Å². The van der Waals surface area contributed by atoms with Crippen LogP contribution in [0.4, 0.5) is 17.1 Å². The van der Waals surface area contributed by atoms with Crippen LogP contribution in [0.3, 0.4) is 0 Å². The molecule has 0 saturated carbocycles. The Bertz CT molecular complexity index is 1370. The number of amides is 3. The molecule has 0 aliphatic carbocycles. The quantitative estimate of drug-likeness (QED) is 0.289. The van der Waals surface area contributed by atoms with Gasteiger partial charge in [0.15, 0.2) is 0 Å². The van der Waals surface area contributed by atoms with Gasteiger partial charge in [-0.25, -0.2) is 4.90 Å². The summed E-state index contributed by atoms with van der Waals surface area (Å²) in [5.41, 5.74) is 4.91. The number of imide groups is 1. The first-order chi connectivity index (χ1) is 16.2. The average molecular weight is 586 g/mol. The van der Waals surface area contributed by atoms with Crippen molar-refractivity contribution in [2.24, 2.45) is 0 Å². The van der Waals surface area contributed by atoms with Crippen LogP contribution in [0.2, 0.25) is 0 Å². The van der Waals surface area contributed by atoms with Gasteiger partial charge in [-0.05, 0) is 109 Å². The summed E-state index contributed by atoms with van der Waals surface area (Å²) >= 11 is 8.47. The van der Waals surface area contributed by atoms with Crippen LogP contribution in [0.5, 0.6) is 0 Å². The Morgan fingerprint density at radius 2 is 1.59 bits per heavy atom. The van der Waals surface area contributed by atoms with E-state index in [0.717, 1.165) is 30.8 Å². The predicted molar refractivity (Wildman–Crippen MR) is 143 cm³/mol. The zero-order chi connectivity index (χ0) is 24.6. The SMILES string of the molecule is Cc1ccc(C)c(N2C(=O)C(Cl)=C(Nc3ccc(C(=O)Nc4ccc(I)cc4C)cc3)C2=O)c1. The highest BCUT2D eigenvalue weighted by atomic mass is 127. The summed E-state index contributed by atoms with van der Waals surface area (Å²) in [6.07, 6.45) is 0. The van der Waals surface area contributed by atoms with Crippen molar-refractivity contribution in [2.75, 3.05) is 15.5 Å². The monoisotopic (exact) mass is 585 g/mol. The zero-order valence-corrected chi connectivity index (χ0v) is 21.6. The second-order valence-electron chi connectivity index (χ2n) is 8.04. The molecule has 1 heterocycles. The Kier molecular flexibility index (Phi) is 6.77. The third-order valence-corrected chi connectivity index (χ3v) is 6.51. The summed E-state index contributed by atoms with van der Waals surface area (Å²) in [5.74, 6) is -1.35. The third kappa shape index (κ3) is 4.71. The van der Waals surface area contributed by atoms with Crippen molar-refractivity contribution < 1.29 is 14.4 Å². The lowest BCUT2D eigenvalue weighted by molar-refractivity contribution is -0.120. The highest BCUT2D eigenvalue weighted by Crippen LogP contribution is 2.32. The van der Waals surface area contributed by atoms with Gasteiger partial charge in [-0.1, -0.05) is 23.7 Å². The van der Waals surface area contributed by atoms with E-state index < -0.39 is 11.8 Å². The highest BCUT2D eigenvalue weighted by molar-refractivity contribution is 14.1. The Balaban J connectivity index is 1.50. The van der Waals surface area contributed by atoms with Crippen molar-refractivity contribution in [3.05, 3.63) is 97.2 Å². The van der Waals surface area contributed by atoms with Crippen molar-refractivity contribution in [1.29, 1.82) is 0 Å².